The molecule has 1 N–H and O–H groups in total. The summed E-state index contributed by atoms with van der Waals surface area (Å²) in [7, 11) is -1.44. The number of nitrogens with zero attached hydrogens (tertiary/aromatic N) is 3. The second kappa shape index (κ2) is 10.4. The monoisotopic (exact) mass is 364 g/mol. The van der Waals surface area contributed by atoms with Crippen molar-refractivity contribution >= 4 is 27.7 Å². The van der Waals surface area contributed by atoms with Crippen molar-refractivity contribution in [2.24, 2.45) is 4.99 Å². The average molecular weight is 365 g/mol. The van der Waals surface area contributed by atoms with Crippen LogP contribution < -0.4 is 5.32 Å². The summed E-state index contributed by atoms with van der Waals surface area (Å²) >= 11 is 2.04. The molecule has 0 aliphatic carbocycles. The van der Waals surface area contributed by atoms with Gasteiger partial charge in [0.05, 0.1) is 5.75 Å². The smallest absolute Gasteiger partial charge is 0.213 e. The minimum absolute atomic E-state index is 0.152. The summed E-state index contributed by atoms with van der Waals surface area (Å²) in [5.74, 6) is 2.26. The Morgan fingerprint density at radius 3 is 2.74 bits per heavy atom. The van der Waals surface area contributed by atoms with Gasteiger partial charge in [-0.3, -0.25) is 4.99 Å². The zero-order valence-corrected chi connectivity index (χ0v) is 16.5. The molecule has 0 amide bonds. The summed E-state index contributed by atoms with van der Waals surface area (Å²) in [5.41, 5.74) is 0. The first-order valence-electron chi connectivity index (χ1n) is 8.53. The van der Waals surface area contributed by atoms with E-state index in [-0.39, 0.29) is 5.75 Å². The first kappa shape index (κ1) is 20.6. The fraction of sp³-hybridized carbons (Fsp3) is 0.933. The Balaban J connectivity index is 2.52. The second-order valence-corrected chi connectivity index (χ2v) is 9.43. The molecule has 1 rings (SSSR count). The topological polar surface area (TPSA) is 65.0 Å². The van der Waals surface area contributed by atoms with Gasteiger partial charge in [-0.15, -0.1) is 0 Å². The molecular formula is C15H32N4O2S2. The third-order valence-corrected chi connectivity index (χ3v) is 7.19. The molecule has 136 valence electrons. The van der Waals surface area contributed by atoms with E-state index in [1.54, 1.807) is 14.0 Å². The molecule has 1 unspecified atom stereocenters. The van der Waals surface area contributed by atoms with Crippen LogP contribution in [0, 0.1) is 0 Å². The van der Waals surface area contributed by atoms with Crippen molar-refractivity contribution in [2.45, 2.75) is 38.9 Å². The van der Waals surface area contributed by atoms with Crippen LogP contribution in [0.3, 0.4) is 0 Å². The van der Waals surface area contributed by atoms with Gasteiger partial charge in [-0.25, -0.2) is 12.7 Å². The zero-order chi connectivity index (χ0) is 17.3. The normalized spacial score (nSPS) is 20.1. The van der Waals surface area contributed by atoms with Gasteiger partial charge >= 0.3 is 0 Å². The molecule has 1 aliphatic rings. The van der Waals surface area contributed by atoms with Crippen molar-refractivity contribution in [1.82, 2.24) is 14.5 Å². The minimum atomic E-state index is -3.08. The van der Waals surface area contributed by atoms with Gasteiger partial charge in [-0.1, -0.05) is 6.92 Å². The van der Waals surface area contributed by atoms with Gasteiger partial charge < -0.3 is 10.2 Å². The van der Waals surface area contributed by atoms with E-state index in [2.05, 4.69) is 29.1 Å². The highest BCUT2D eigenvalue weighted by molar-refractivity contribution is 8.00. The Morgan fingerprint density at radius 1 is 1.39 bits per heavy atom. The van der Waals surface area contributed by atoms with E-state index >= 15 is 0 Å². The highest BCUT2D eigenvalue weighted by Crippen LogP contribution is 2.21. The highest BCUT2D eigenvalue weighted by atomic mass is 32.2. The van der Waals surface area contributed by atoms with Gasteiger partial charge in [0.1, 0.15) is 0 Å². The van der Waals surface area contributed by atoms with Gasteiger partial charge in [0.15, 0.2) is 5.96 Å². The summed E-state index contributed by atoms with van der Waals surface area (Å²) in [6.45, 7) is 10.1. The second-order valence-electron chi connectivity index (χ2n) is 5.66. The lowest BCUT2D eigenvalue weighted by Gasteiger charge is -2.34. The van der Waals surface area contributed by atoms with E-state index < -0.39 is 10.0 Å². The Hall–Kier alpha value is -0.470. The molecule has 8 heteroatoms. The van der Waals surface area contributed by atoms with E-state index in [0.29, 0.717) is 18.3 Å². The molecule has 0 aromatic heterocycles. The lowest BCUT2D eigenvalue weighted by atomic mass is 10.3. The van der Waals surface area contributed by atoms with Crippen LogP contribution in [0.15, 0.2) is 4.99 Å². The minimum Gasteiger partial charge on any atom is -0.357 e. The SMILES string of the molecule is CCNC(=NCCCN(C)S(=O)(=O)CC)N1CCSC(CC)C1. The molecule has 0 aromatic rings. The predicted octanol–water partition coefficient (Wildman–Crippen LogP) is 1.45. The molecule has 1 atom stereocenters. The van der Waals surface area contributed by atoms with Crippen LogP contribution in [0.1, 0.15) is 33.6 Å². The molecule has 1 aliphatic heterocycles. The maximum atomic E-state index is 11.7. The number of thioether (sulfide) groups is 1. The van der Waals surface area contributed by atoms with Crippen molar-refractivity contribution in [2.75, 3.05) is 51.3 Å². The standard InChI is InChI=1S/C15H32N4O2S2/c1-5-14-13-19(11-12-22-14)15(16-6-2)17-9-8-10-18(4)23(20,21)7-3/h14H,5-13H2,1-4H3,(H,16,17). The molecule has 0 bridgehead atoms. The molecule has 1 saturated heterocycles. The van der Waals surface area contributed by atoms with Crippen LogP contribution in [0.2, 0.25) is 0 Å². The van der Waals surface area contributed by atoms with Crippen LogP contribution in [-0.2, 0) is 10.0 Å². The number of guanidine groups is 1. The van der Waals surface area contributed by atoms with Crippen LogP contribution in [-0.4, -0.2) is 80.1 Å². The van der Waals surface area contributed by atoms with Crippen molar-refractivity contribution in [3.63, 3.8) is 0 Å². The molecule has 23 heavy (non-hydrogen) atoms. The molecule has 1 fully saturated rings. The summed E-state index contributed by atoms with van der Waals surface area (Å²) in [5, 5.41) is 4.04. The third kappa shape index (κ3) is 6.89. The number of aliphatic imine (C=N–C) groups is 1. The molecule has 0 saturated carbocycles. The van der Waals surface area contributed by atoms with E-state index in [1.807, 2.05) is 11.8 Å². The number of hydrogen-bond acceptors (Lipinski definition) is 4. The van der Waals surface area contributed by atoms with E-state index in [4.69, 9.17) is 0 Å². The number of nitrogens with one attached hydrogen (secondary N) is 1. The van der Waals surface area contributed by atoms with Gasteiger partial charge in [-0.05, 0) is 26.7 Å². The summed E-state index contributed by atoms with van der Waals surface area (Å²) in [4.78, 5) is 7.02. The zero-order valence-electron chi connectivity index (χ0n) is 14.9. The number of sulfonamides is 1. The molecule has 1 heterocycles. The van der Waals surface area contributed by atoms with E-state index in [1.165, 1.54) is 10.7 Å². The molecule has 6 nitrogen and oxygen atoms in total. The van der Waals surface area contributed by atoms with Crippen LogP contribution in [0.5, 0.6) is 0 Å². The summed E-state index contributed by atoms with van der Waals surface area (Å²) in [6, 6.07) is 0. The molecule has 0 radical (unpaired) electrons. The molecular weight excluding hydrogens is 332 g/mol. The van der Waals surface area contributed by atoms with Gasteiger partial charge in [-0.2, -0.15) is 11.8 Å². The van der Waals surface area contributed by atoms with Gasteiger partial charge in [0.25, 0.3) is 0 Å². The quantitative estimate of drug-likeness (QED) is 0.401. The number of rotatable bonds is 8. The van der Waals surface area contributed by atoms with Crippen molar-refractivity contribution < 1.29 is 8.42 Å². The lowest BCUT2D eigenvalue weighted by molar-refractivity contribution is 0.407. The van der Waals surface area contributed by atoms with Crippen molar-refractivity contribution in [3.8, 4) is 0 Å². The summed E-state index contributed by atoms with van der Waals surface area (Å²) in [6.07, 6.45) is 1.92. The van der Waals surface area contributed by atoms with E-state index in [9.17, 15) is 8.42 Å². The number of hydrogen-bond donors (Lipinski definition) is 1. The first-order chi connectivity index (χ1) is 10.9. The average Bonchev–Trinajstić information content (AvgIpc) is 2.57. The van der Waals surface area contributed by atoms with E-state index in [0.717, 1.165) is 37.8 Å². The lowest BCUT2D eigenvalue weighted by Crippen LogP contribution is -2.48. The fourth-order valence-corrected chi connectivity index (χ4v) is 4.45. The first-order valence-corrected chi connectivity index (χ1v) is 11.2. The predicted molar refractivity (Wildman–Crippen MR) is 101 cm³/mol. The largest absolute Gasteiger partial charge is 0.357 e. The Labute approximate surface area is 146 Å². The summed E-state index contributed by atoms with van der Waals surface area (Å²) < 4.78 is 24.9. The maximum absolute atomic E-state index is 11.7. The van der Waals surface area contributed by atoms with Gasteiger partial charge in [0.2, 0.25) is 10.0 Å². The van der Waals surface area contributed by atoms with Crippen LogP contribution >= 0.6 is 11.8 Å². The third-order valence-electron chi connectivity index (χ3n) is 3.96. The molecule has 0 aromatic carbocycles. The molecule has 0 spiro atoms. The Bertz CT molecular complexity index is 468. The maximum Gasteiger partial charge on any atom is 0.213 e. The van der Waals surface area contributed by atoms with Crippen molar-refractivity contribution in [1.29, 1.82) is 0 Å². The van der Waals surface area contributed by atoms with Gasteiger partial charge in [0, 0.05) is 50.8 Å². The van der Waals surface area contributed by atoms with Crippen LogP contribution in [0.25, 0.3) is 0 Å². The van der Waals surface area contributed by atoms with Crippen molar-refractivity contribution in [3.05, 3.63) is 0 Å². The Kier molecular flexibility index (Phi) is 9.31. The highest BCUT2D eigenvalue weighted by Gasteiger charge is 2.21. The fourth-order valence-electron chi connectivity index (χ4n) is 2.42. The Morgan fingerprint density at radius 2 is 2.13 bits per heavy atom. The van der Waals surface area contributed by atoms with Crippen LogP contribution in [0.4, 0.5) is 0 Å².